The van der Waals surface area contributed by atoms with Crippen molar-refractivity contribution in [2.24, 2.45) is 5.73 Å². The van der Waals surface area contributed by atoms with E-state index in [4.69, 9.17) is 5.73 Å². The summed E-state index contributed by atoms with van der Waals surface area (Å²) in [6.45, 7) is 1.96. The zero-order chi connectivity index (χ0) is 15.0. The van der Waals surface area contributed by atoms with Crippen molar-refractivity contribution in [1.82, 2.24) is 15.0 Å². The number of nitrogens with zero attached hydrogens (tertiary/aromatic N) is 2. The van der Waals surface area contributed by atoms with Gasteiger partial charge in [0, 0.05) is 6.20 Å². The molecule has 0 spiro atoms. The summed E-state index contributed by atoms with van der Waals surface area (Å²) in [6, 6.07) is 6.29. The molecule has 0 fully saturated rings. The highest BCUT2D eigenvalue weighted by Crippen LogP contribution is 2.26. The first kappa shape index (κ1) is 13.4. The number of benzene rings is 1. The Kier molecular flexibility index (Phi) is 3.23. The van der Waals surface area contributed by atoms with Crippen molar-refractivity contribution < 1.29 is 10.2 Å². The van der Waals surface area contributed by atoms with E-state index in [1.54, 1.807) is 12.3 Å². The van der Waals surface area contributed by atoms with E-state index in [9.17, 15) is 10.2 Å². The van der Waals surface area contributed by atoms with Gasteiger partial charge in [-0.25, -0.2) is 9.97 Å². The molecular weight excluding hydrogens is 268 g/mol. The zero-order valence-corrected chi connectivity index (χ0v) is 11.5. The van der Waals surface area contributed by atoms with Crippen molar-refractivity contribution in [2.45, 2.75) is 19.4 Å². The number of fused-ring (bicyclic) bond motifs is 1. The summed E-state index contributed by atoms with van der Waals surface area (Å²) in [5.74, 6) is 0.355. The summed E-state index contributed by atoms with van der Waals surface area (Å²) in [4.78, 5) is 11.8. The minimum absolute atomic E-state index is 0.143. The van der Waals surface area contributed by atoms with E-state index in [0.717, 1.165) is 16.6 Å². The van der Waals surface area contributed by atoms with E-state index < -0.39 is 0 Å². The van der Waals surface area contributed by atoms with Gasteiger partial charge in [0.2, 0.25) is 0 Å². The molecule has 0 aliphatic rings. The Morgan fingerprint density at radius 2 is 2.05 bits per heavy atom. The Morgan fingerprint density at radius 3 is 2.81 bits per heavy atom. The fourth-order valence-electron chi connectivity index (χ4n) is 2.25. The third-order valence-electron chi connectivity index (χ3n) is 3.34. The number of hydrogen-bond donors (Lipinski definition) is 4. The van der Waals surface area contributed by atoms with Crippen LogP contribution < -0.4 is 5.73 Å². The minimum atomic E-state index is -0.344. The first-order valence-corrected chi connectivity index (χ1v) is 6.61. The molecule has 6 nitrogen and oxygen atoms in total. The first-order valence-electron chi connectivity index (χ1n) is 6.61. The number of aromatic nitrogens is 3. The number of nitrogens with one attached hydrogen (secondary N) is 1. The van der Waals surface area contributed by atoms with Gasteiger partial charge in [-0.05, 0) is 42.7 Å². The van der Waals surface area contributed by atoms with E-state index in [-0.39, 0.29) is 17.5 Å². The van der Waals surface area contributed by atoms with Crippen molar-refractivity contribution >= 4 is 11.2 Å². The molecule has 0 bridgehead atoms. The van der Waals surface area contributed by atoms with Crippen molar-refractivity contribution in [3.05, 3.63) is 47.4 Å². The molecule has 0 aliphatic heterocycles. The summed E-state index contributed by atoms with van der Waals surface area (Å²) in [7, 11) is 0. The van der Waals surface area contributed by atoms with E-state index >= 15 is 0 Å². The second-order valence-electron chi connectivity index (χ2n) is 5.14. The van der Waals surface area contributed by atoms with Crippen molar-refractivity contribution in [2.75, 3.05) is 0 Å². The normalized spacial score (nSPS) is 12.7. The van der Waals surface area contributed by atoms with Gasteiger partial charge in [-0.2, -0.15) is 0 Å². The van der Waals surface area contributed by atoms with Crippen LogP contribution in [0.3, 0.4) is 0 Å². The highest BCUT2D eigenvalue weighted by atomic mass is 16.3. The molecule has 2 heterocycles. The Morgan fingerprint density at radius 1 is 1.24 bits per heavy atom. The van der Waals surface area contributed by atoms with Gasteiger partial charge in [0.25, 0.3) is 0 Å². The molecule has 0 amide bonds. The smallest absolute Gasteiger partial charge is 0.177 e. The zero-order valence-electron chi connectivity index (χ0n) is 11.5. The molecule has 108 valence electrons. The molecule has 0 saturated carbocycles. The van der Waals surface area contributed by atoms with Crippen LogP contribution in [0.1, 0.15) is 23.0 Å². The topological polar surface area (TPSA) is 108 Å². The molecule has 3 rings (SSSR count). The molecule has 0 aliphatic carbocycles. The van der Waals surface area contributed by atoms with Gasteiger partial charge in [0.05, 0.1) is 11.6 Å². The number of pyridine rings is 1. The third kappa shape index (κ3) is 2.66. The van der Waals surface area contributed by atoms with Crippen LogP contribution in [0.15, 0.2) is 30.5 Å². The predicted octanol–water partition coefficient (Wildman–Crippen LogP) is 1.92. The highest BCUT2D eigenvalue weighted by Gasteiger charge is 2.13. The molecular formula is C15H16N4O2. The average molecular weight is 284 g/mol. The summed E-state index contributed by atoms with van der Waals surface area (Å²) < 4.78 is 0. The number of imidazole rings is 1. The summed E-state index contributed by atoms with van der Waals surface area (Å²) in [5, 5.41) is 18.8. The highest BCUT2D eigenvalue weighted by molar-refractivity contribution is 5.71. The molecule has 5 N–H and O–H groups in total. The number of hydrogen-bond acceptors (Lipinski definition) is 5. The number of aromatic hydroxyl groups is 2. The van der Waals surface area contributed by atoms with Gasteiger partial charge in [-0.15, -0.1) is 0 Å². The van der Waals surface area contributed by atoms with E-state index in [1.165, 1.54) is 12.1 Å². The number of rotatable bonds is 3. The second-order valence-corrected chi connectivity index (χ2v) is 5.14. The van der Waals surface area contributed by atoms with Crippen LogP contribution in [0.5, 0.6) is 11.5 Å². The average Bonchev–Trinajstić information content (AvgIpc) is 2.86. The Labute approximate surface area is 121 Å². The maximum absolute atomic E-state index is 9.50. The molecule has 3 aromatic rings. The summed E-state index contributed by atoms with van der Waals surface area (Å²) in [6.07, 6.45) is 2.25. The fourth-order valence-corrected chi connectivity index (χ4v) is 2.25. The molecule has 1 atom stereocenters. The van der Waals surface area contributed by atoms with Gasteiger partial charge in [-0.1, -0.05) is 6.07 Å². The lowest BCUT2D eigenvalue weighted by Crippen LogP contribution is -2.14. The lowest BCUT2D eigenvalue weighted by atomic mass is 10.1. The lowest BCUT2D eigenvalue weighted by molar-refractivity contribution is 0.403. The quantitative estimate of drug-likeness (QED) is 0.549. The minimum Gasteiger partial charge on any atom is -0.504 e. The Bertz CT molecular complexity index is 797. The van der Waals surface area contributed by atoms with Crippen LogP contribution in [0.25, 0.3) is 11.2 Å². The predicted molar refractivity (Wildman–Crippen MR) is 79.0 cm³/mol. The standard InChI is InChI=1S/C15H16N4O2/c1-8-4-11-15(17-7-8)19-14(18-11)10(16)5-9-2-3-12(20)13(21)6-9/h2-4,6-7,10,20-21H,5,16H2,1H3,(H,17,18,19). The van der Waals surface area contributed by atoms with Crippen LogP contribution in [-0.4, -0.2) is 25.2 Å². The van der Waals surface area contributed by atoms with E-state index in [1.807, 2.05) is 13.0 Å². The number of nitrogens with two attached hydrogens (primary N) is 1. The van der Waals surface area contributed by atoms with E-state index in [0.29, 0.717) is 17.9 Å². The van der Waals surface area contributed by atoms with Crippen molar-refractivity contribution in [3.63, 3.8) is 0 Å². The molecule has 21 heavy (non-hydrogen) atoms. The number of phenolic OH excluding ortho intramolecular Hbond substituents is 2. The number of H-pyrrole nitrogens is 1. The molecule has 1 unspecified atom stereocenters. The van der Waals surface area contributed by atoms with Crippen LogP contribution in [-0.2, 0) is 6.42 Å². The van der Waals surface area contributed by atoms with Gasteiger partial charge >= 0.3 is 0 Å². The Balaban J connectivity index is 1.85. The summed E-state index contributed by atoms with van der Waals surface area (Å²) >= 11 is 0. The Hall–Kier alpha value is -2.60. The SMILES string of the molecule is Cc1cnc2nc(C(N)Cc3ccc(O)c(O)c3)[nH]c2c1. The molecule has 0 radical (unpaired) electrons. The van der Waals surface area contributed by atoms with Gasteiger partial charge in [-0.3, -0.25) is 0 Å². The second kappa shape index (κ2) is 5.06. The molecule has 2 aromatic heterocycles. The van der Waals surface area contributed by atoms with Crippen LogP contribution in [0, 0.1) is 6.92 Å². The third-order valence-corrected chi connectivity index (χ3v) is 3.34. The van der Waals surface area contributed by atoms with Crippen molar-refractivity contribution in [1.29, 1.82) is 0 Å². The van der Waals surface area contributed by atoms with Crippen LogP contribution in [0.4, 0.5) is 0 Å². The number of aryl methyl sites for hydroxylation is 1. The lowest BCUT2D eigenvalue weighted by Gasteiger charge is -2.09. The molecule has 0 saturated heterocycles. The largest absolute Gasteiger partial charge is 0.504 e. The van der Waals surface area contributed by atoms with Gasteiger partial charge < -0.3 is 20.9 Å². The van der Waals surface area contributed by atoms with Gasteiger partial charge in [0.15, 0.2) is 17.1 Å². The van der Waals surface area contributed by atoms with Crippen LogP contribution in [0.2, 0.25) is 0 Å². The van der Waals surface area contributed by atoms with E-state index in [2.05, 4.69) is 15.0 Å². The molecule has 1 aromatic carbocycles. The maximum Gasteiger partial charge on any atom is 0.177 e. The summed E-state index contributed by atoms with van der Waals surface area (Å²) in [5.41, 5.74) is 9.52. The first-order chi connectivity index (χ1) is 10.0. The van der Waals surface area contributed by atoms with Crippen LogP contribution >= 0.6 is 0 Å². The molecule has 6 heteroatoms. The number of phenols is 2. The maximum atomic E-state index is 9.50. The van der Waals surface area contributed by atoms with Crippen molar-refractivity contribution in [3.8, 4) is 11.5 Å². The van der Waals surface area contributed by atoms with Gasteiger partial charge in [0.1, 0.15) is 5.82 Å². The fraction of sp³-hybridized carbons (Fsp3) is 0.200. The number of aromatic amines is 1. The monoisotopic (exact) mass is 284 g/mol.